The van der Waals surface area contributed by atoms with Crippen LogP contribution in [0.25, 0.3) is 22.0 Å². The number of carbonyl (C=O) groups excluding carboxylic acids is 1. The smallest absolute Gasteiger partial charge is 0.271 e. The number of rotatable bonds is 9. The summed E-state index contributed by atoms with van der Waals surface area (Å²) < 4.78 is 20.1. The Labute approximate surface area is 252 Å². The van der Waals surface area contributed by atoms with Crippen molar-refractivity contribution in [1.29, 1.82) is 0 Å². The number of aromatic nitrogens is 1. The van der Waals surface area contributed by atoms with Crippen LogP contribution in [0.5, 0.6) is 5.75 Å². The van der Waals surface area contributed by atoms with Crippen LogP contribution in [0.15, 0.2) is 120 Å². The maximum absolute atomic E-state index is 14.2. The Morgan fingerprint density at radius 2 is 1.70 bits per heavy atom. The van der Waals surface area contributed by atoms with Crippen LogP contribution in [0.1, 0.15) is 27.0 Å². The molecule has 8 heteroatoms. The van der Waals surface area contributed by atoms with E-state index in [1.165, 1.54) is 23.0 Å². The number of nitrogens with one attached hydrogen (secondary N) is 2. The number of fused-ring (bicyclic) bond motifs is 1. The zero-order valence-electron chi connectivity index (χ0n) is 23.3. The Balaban J connectivity index is 1.14. The van der Waals surface area contributed by atoms with E-state index in [9.17, 15) is 9.18 Å². The number of ether oxygens (including phenoxy) is 1. The van der Waals surface area contributed by atoms with E-state index in [-0.39, 0.29) is 18.3 Å². The highest BCUT2D eigenvalue weighted by Crippen LogP contribution is 2.29. The Hall–Kier alpha value is -5.34. The van der Waals surface area contributed by atoms with Crippen LogP contribution in [0.3, 0.4) is 0 Å². The SMILES string of the molecule is Cc1ccc(Nc2nc(-c3ccc(C(=O)N/N=C\c4c(OCc5ccccc5F)ccc5ccccc45)cc3)cs2)cc1. The average Bonchev–Trinajstić information content (AvgIpc) is 3.50. The molecule has 0 radical (unpaired) electrons. The highest BCUT2D eigenvalue weighted by Gasteiger charge is 2.11. The molecule has 0 fully saturated rings. The molecule has 0 aliphatic rings. The molecule has 0 saturated carbocycles. The van der Waals surface area contributed by atoms with Crippen molar-refractivity contribution < 1.29 is 13.9 Å². The Bertz CT molecular complexity index is 1920. The fourth-order valence-corrected chi connectivity index (χ4v) is 5.28. The first-order valence-electron chi connectivity index (χ1n) is 13.6. The minimum Gasteiger partial charge on any atom is -0.488 e. The molecular formula is C35H27FN4O2S. The van der Waals surface area contributed by atoms with Crippen molar-refractivity contribution in [3.8, 4) is 17.0 Å². The first-order chi connectivity index (χ1) is 21.0. The van der Waals surface area contributed by atoms with Crippen LogP contribution >= 0.6 is 11.3 Å². The molecule has 43 heavy (non-hydrogen) atoms. The standard InChI is InChI=1S/C35H27FN4O2S/c1-23-10-17-28(18-11-23)38-35-39-32(22-43-35)25-12-14-26(15-13-25)34(41)40-37-20-30-29-8-4-2-6-24(29)16-19-33(30)42-21-27-7-3-5-9-31(27)36/h2-20,22H,21H2,1H3,(H,38,39)(H,40,41)/b37-20-. The molecule has 6 aromatic rings. The number of benzene rings is 5. The number of halogens is 1. The summed E-state index contributed by atoms with van der Waals surface area (Å²) in [6.07, 6.45) is 1.56. The monoisotopic (exact) mass is 586 g/mol. The van der Waals surface area contributed by atoms with Crippen molar-refractivity contribution >= 4 is 45.0 Å². The zero-order chi connectivity index (χ0) is 29.6. The molecule has 0 bridgehead atoms. The molecular weight excluding hydrogens is 559 g/mol. The van der Waals surface area contributed by atoms with Crippen molar-refractivity contribution in [2.24, 2.45) is 5.10 Å². The van der Waals surface area contributed by atoms with Gasteiger partial charge in [-0.2, -0.15) is 5.10 Å². The van der Waals surface area contributed by atoms with Gasteiger partial charge in [0.2, 0.25) is 0 Å². The molecule has 1 heterocycles. The lowest BCUT2D eigenvalue weighted by Crippen LogP contribution is -2.17. The summed E-state index contributed by atoms with van der Waals surface area (Å²) in [5.74, 6) is -0.147. The molecule has 0 unspecified atom stereocenters. The molecule has 212 valence electrons. The Morgan fingerprint density at radius 1 is 0.930 bits per heavy atom. The lowest BCUT2D eigenvalue weighted by molar-refractivity contribution is 0.0955. The molecule has 0 saturated heterocycles. The Kier molecular flexibility index (Phi) is 8.19. The van der Waals surface area contributed by atoms with Crippen LogP contribution in [0.4, 0.5) is 15.2 Å². The highest BCUT2D eigenvalue weighted by atomic mass is 32.1. The summed E-state index contributed by atoms with van der Waals surface area (Å²) in [5, 5.41) is 12.2. The summed E-state index contributed by atoms with van der Waals surface area (Å²) in [5.41, 5.74) is 8.11. The van der Waals surface area contributed by atoms with E-state index in [0.29, 0.717) is 22.4 Å². The van der Waals surface area contributed by atoms with Gasteiger partial charge in [0.1, 0.15) is 18.2 Å². The lowest BCUT2D eigenvalue weighted by Gasteiger charge is -2.12. The minimum atomic E-state index is -0.350. The van der Waals surface area contributed by atoms with Gasteiger partial charge in [0.25, 0.3) is 5.91 Å². The molecule has 0 spiro atoms. The zero-order valence-corrected chi connectivity index (χ0v) is 24.1. The summed E-state index contributed by atoms with van der Waals surface area (Å²) in [4.78, 5) is 17.6. The third-order valence-electron chi connectivity index (χ3n) is 6.88. The highest BCUT2D eigenvalue weighted by molar-refractivity contribution is 7.14. The van der Waals surface area contributed by atoms with Crippen molar-refractivity contribution in [3.05, 3.63) is 143 Å². The molecule has 6 rings (SSSR count). The minimum absolute atomic E-state index is 0.0626. The third kappa shape index (κ3) is 6.60. The van der Waals surface area contributed by atoms with E-state index in [1.54, 1.807) is 36.5 Å². The number of thiazole rings is 1. The maximum Gasteiger partial charge on any atom is 0.271 e. The van der Waals surface area contributed by atoms with Gasteiger partial charge in [-0.25, -0.2) is 14.8 Å². The Morgan fingerprint density at radius 3 is 2.51 bits per heavy atom. The molecule has 5 aromatic carbocycles. The number of anilines is 2. The number of hydrogen-bond acceptors (Lipinski definition) is 6. The number of amides is 1. The van der Waals surface area contributed by atoms with Gasteiger partial charge in [-0.05, 0) is 54.1 Å². The molecule has 0 aliphatic carbocycles. The van der Waals surface area contributed by atoms with Crippen molar-refractivity contribution in [2.75, 3.05) is 5.32 Å². The molecule has 0 atom stereocenters. The fraction of sp³-hybridized carbons (Fsp3) is 0.0571. The van der Waals surface area contributed by atoms with Crippen LogP contribution in [0.2, 0.25) is 0 Å². The van der Waals surface area contributed by atoms with Gasteiger partial charge in [0.05, 0.1) is 11.9 Å². The van der Waals surface area contributed by atoms with E-state index < -0.39 is 0 Å². The van der Waals surface area contributed by atoms with Crippen LogP contribution in [0, 0.1) is 12.7 Å². The van der Waals surface area contributed by atoms with Gasteiger partial charge < -0.3 is 10.1 Å². The van der Waals surface area contributed by atoms with Gasteiger partial charge in [-0.15, -0.1) is 11.3 Å². The quantitative estimate of drug-likeness (QED) is 0.132. The van der Waals surface area contributed by atoms with E-state index in [2.05, 4.69) is 27.8 Å². The molecule has 2 N–H and O–H groups in total. The largest absolute Gasteiger partial charge is 0.488 e. The van der Waals surface area contributed by atoms with Gasteiger partial charge in [0.15, 0.2) is 5.13 Å². The predicted molar refractivity (Wildman–Crippen MR) is 172 cm³/mol. The summed E-state index contributed by atoms with van der Waals surface area (Å²) >= 11 is 1.52. The summed E-state index contributed by atoms with van der Waals surface area (Å²) in [6, 6.07) is 33.4. The summed E-state index contributed by atoms with van der Waals surface area (Å²) in [6.45, 7) is 2.11. The van der Waals surface area contributed by atoms with Gasteiger partial charge >= 0.3 is 0 Å². The second-order valence-corrected chi connectivity index (χ2v) is 10.7. The van der Waals surface area contributed by atoms with Gasteiger partial charge in [0, 0.05) is 33.3 Å². The predicted octanol–water partition coefficient (Wildman–Crippen LogP) is 8.50. The van der Waals surface area contributed by atoms with Crippen LogP contribution in [-0.2, 0) is 6.61 Å². The number of hydrazone groups is 1. The number of nitrogens with zero attached hydrogens (tertiary/aromatic N) is 2. The topological polar surface area (TPSA) is 75.6 Å². The first-order valence-corrected chi connectivity index (χ1v) is 14.5. The van der Waals surface area contributed by atoms with Crippen molar-refractivity contribution in [2.45, 2.75) is 13.5 Å². The molecule has 6 nitrogen and oxygen atoms in total. The molecule has 1 amide bonds. The summed E-state index contributed by atoms with van der Waals surface area (Å²) in [7, 11) is 0. The second-order valence-electron chi connectivity index (χ2n) is 9.88. The van der Waals surface area contributed by atoms with Gasteiger partial charge in [-0.3, -0.25) is 4.79 Å². The van der Waals surface area contributed by atoms with E-state index in [0.717, 1.165) is 32.8 Å². The van der Waals surface area contributed by atoms with Crippen LogP contribution < -0.4 is 15.5 Å². The van der Waals surface area contributed by atoms with E-state index in [4.69, 9.17) is 4.74 Å². The number of carbonyl (C=O) groups is 1. The third-order valence-corrected chi connectivity index (χ3v) is 7.64. The fourth-order valence-electron chi connectivity index (χ4n) is 4.54. The lowest BCUT2D eigenvalue weighted by atomic mass is 10.0. The number of aryl methyl sites for hydroxylation is 1. The first kappa shape index (κ1) is 27.8. The van der Waals surface area contributed by atoms with E-state index in [1.807, 2.05) is 78.2 Å². The average molecular weight is 587 g/mol. The second kappa shape index (κ2) is 12.7. The molecule has 0 aliphatic heterocycles. The van der Waals surface area contributed by atoms with E-state index >= 15 is 0 Å². The normalized spacial score (nSPS) is 11.1. The maximum atomic E-state index is 14.2. The van der Waals surface area contributed by atoms with Crippen molar-refractivity contribution in [3.63, 3.8) is 0 Å². The molecule has 1 aromatic heterocycles. The van der Waals surface area contributed by atoms with Gasteiger partial charge in [-0.1, -0.05) is 78.4 Å². The number of hydrogen-bond donors (Lipinski definition) is 2. The van der Waals surface area contributed by atoms with Crippen molar-refractivity contribution in [1.82, 2.24) is 10.4 Å². The van der Waals surface area contributed by atoms with Crippen LogP contribution in [-0.4, -0.2) is 17.1 Å².